The Kier molecular flexibility index (Phi) is 23.4. The number of carbonyl (C=O) groups excluding carboxylic acids is 1. The van der Waals surface area contributed by atoms with E-state index in [1.54, 1.807) is 42.7 Å². The standard InChI is InChI=1S/C15H14N2OS.C8H14O2.C7H11NO2S2.5CH4/c1-10(2)18-15-14(13-8-5-9-19-13)16-11-6-3-4-7-12(11)17-15;1-6(2)8(9)10-7-4-3-5-7;1-6(2)8-12(9,10)7-4-3-5-11-7;;;;;/h3-10H,1-2H3;6-7H,3-5H2,1-2H3;3-6,8H,1-2H3;5*1H4. The lowest BCUT2D eigenvalue weighted by Gasteiger charge is -2.25. The van der Waals surface area contributed by atoms with E-state index in [0.717, 1.165) is 34.4 Å². The van der Waals surface area contributed by atoms with Gasteiger partial charge >= 0.3 is 5.97 Å². The minimum atomic E-state index is -3.25. The van der Waals surface area contributed by atoms with Crippen LogP contribution >= 0.6 is 22.7 Å². The summed E-state index contributed by atoms with van der Waals surface area (Å²) in [6, 6.07) is 15.2. The normalized spacial score (nSPS) is 11.8. The van der Waals surface area contributed by atoms with Crippen LogP contribution in [0.15, 0.2) is 63.5 Å². The zero-order valence-corrected chi connectivity index (χ0v) is 26.8. The van der Waals surface area contributed by atoms with E-state index in [1.165, 1.54) is 17.8 Å². The molecule has 11 heteroatoms. The smallest absolute Gasteiger partial charge is 0.308 e. The summed E-state index contributed by atoms with van der Waals surface area (Å²) in [7, 11) is -3.25. The van der Waals surface area contributed by atoms with Gasteiger partial charge in [-0.2, -0.15) is 0 Å². The number of nitrogens with zero attached hydrogens (tertiary/aromatic N) is 2. The number of esters is 1. The number of sulfonamides is 1. The molecular formula is C35H59N3O5S3. The molecule has 1 aromatic carbocycles. The van der Waals surface area contributed by atoms with Crippen LogP contribution in [0.1, 0.15) is 97.9 Å². The molecular weight excluding hydrogens is 639 g/mol. The van der Waals surface area contributed by atoms with Crippen LogP contribution in [0.25, 0.3) is 21.6 Å². The van der Waals surface area contributed by atoms with E-state index >= 15 is 0 Å². The first kappa shape index (κ1) is 47.5. The van der Waals surface area contributed by atoms with Gasteiger partial charge in [0.2, 0.25) is 15.9 Å². The Morgan fingerprint density at radius 1 is 0.826 bits per heavy atom. The number of thiophene rings is 2. The summed E-state index contributed by atoms with van der Waals surface area (Å²) >= 11 is 2.86. The Balaban J connectivity index is -0.000000606. The maximum absolute atomic E-state index is 11.4. The quantitative estimate of drug-likeness (QED) is 0.183. The molecule has 46 heavy (non-hydrogen) atoms. The SMILES string of the molecule is C.C.C.C.C.CC(C)C(=O)OC1CCC1.CC(C)NS(=O)(=O)c1cccs1.CC(C)Oc1nc2ccccc2nc1-c1cccs1. The van der Waals surface area contributed by atoms with Crippen LogP contribution in [0.4, 0.5) is 0 Å². The number of hydrogen-bond acceptors (Lipinski definition) is 9. The van der Waals surface area contributed by atoms with Crippen molar-refractivity contribution < 1.29 is 22.7 Å². The molecule has 0 saturated heterocycles. The van der Waals surface area contributed by atoms with Crippen LogP contribution in [0.5, 0.6) is 5.88 Å². The monoisotopic (exact) mass is 697 g/mol. The number of benzene rings is 1. The molecule has 1 N–H and O–H groups in total. The lowest BCUT2D eigenvalue weighted by atomic mass is 9.96. The van der Waals surface area contributed by atoms with Gasteiger partial charge in [-0.3, -0.25) is 4.79 Å². The highest BCUT2D eigenvalue weighted by Crippen LogP contribution is 2.32. The predicted octanol–water partition coefficient (Wildman–Crippen LogP) is 10.5. The fraction of sp³-hybridized carbons (Fsp3) is 0.514. The highest BCUT2D eigenvalue weighted by molar-refractivity contribution is 7.91. The van der Waals surface area contributed by atoms with Gasteiger partial charge in [0.1, 0.15) is 16.0 Å². The number of ether oxygens (including phenoxy) is 2. The molecule has 3 aromatic heterocycles. The molecule has 4 aromatic rings. The van der Waals surface area contributed by atoms with E-state index in [9.17, 15) is 13.2 Å². The van der Waals surface area contributed by atoms with Crippen LogP contribution in [0, 0.1) is 5.92 Å². The van der Waals surface area contributed by atoms with Crippen molar-refractivity contribution in [2.45, 2.75) is 120 Å². The summed E-state index contributed by atoms with van der Waals surface area (Å²) in [5.41, 5.74) is 2.57. The highest BCUT2D eigenvalue weighted by Gasteiger charge is 2.22. The van der Waals surface area contributed by atoms with Crippen molar-refractivity contribution in [2.75, 3.05) is 0 Å². The first-order chi connectivity index (χ1) is 19.5. The molecule has 1 aliphatic carbocycles. The van der Waals surface area contributed by atoms with E-state index in [0.29, 0.717) is 10.1 Å². The molecule has 0 radical (unpaired) electrons. The molecule has 5 rings (SSSR count). The first-order valence-corrected chi connectivity index (χ1v) is 16.9. The molecule has 262 valence electrons. The Hall–Kier alpha value is -2.86. The van der Waals surface area contributed by atoms with E-state index < -0.39 is 10.0 Å². The highest BCUT2D eigenvalue weighted by atomic mass is 32.2. The summed E-state index contributed by atoms with van der Waals surface area (Å²) < 4.78 is 36.6. The van der Waals surface area contributed by atoms with Crippen LogP contribution in [-0.4, -0.2) is 42.6 Å². The summed E-state index contributed by atoms with van der Waals surface area (Å²) in [5, 5.41) is 3.78. The van der Waals surface area contributed by atoms with Gasteiger partial charge in [0.05, 0.1) is 27.9 Å². The van der Waals surface area contributed by atoms with Gasteiger partial charge in [0.25, 0.3) is 0 Å². The second-order valence-corrected chi connectivity index (χ2v) is 14.2. The average Bonchev–Trinajstić information content (AvgIpc) is 3.61. The van der Waals surface area contributed by atoms with Crippen molar-refractivity contribution in [1.82, 2.24) is 14.7 Å². The minimum absolute atomic E-state index is 0. The van der Waals surface area contributed by atoms with Crippen molar-refractivity contribution in [1.29, 1.82) is 0 Å². The van der Waals surface area contributed by atoms with Gasteiger partial charge in [-0.15, -0.1) is 22.7 Å². The van der Waals surface area contributed by atoms with E-state index in [2.05, 4.69) is 9.71 Å². The van der Waals surface area contributed by atoms with Gasteiger partial charge in [0, 0.05) is 6.04 Å². The van der Waals surface area contributed by atoms with Gasteiger partial charge < -0.3 is 9.47 Å². The van der Waals surface area contributed by atoms with E-state index in [4.69, 9.17) is 14.5 Å². The zero-order valence-electron chi connectivity index (χ0n) is 24.4. The maximum atomic E-state index is 11.4. The molecule has 1 saturated carbocycles. The third-order valence-electron chi connectivity index (χ3n) is 5.60. The lowest BCUT2D eigenvalue weighted by molar-refractivity contribution is -0.156. The number of carbonyl (C=O) groups is 1. The van der Waals surface area contributed by atoms with Crippen molar-refractivity contribution in [3.8, 4) is 16.5 Å². The number of hydrogen-bond donors (Lipinski definition) is 1. The third kappa shape index (κ3) is 14.7. The van der Waals surface area contributed by atoms with Crippen LogP contribution in [-0.2, 0) is 19.6 Å². The fourth-order valence-electron chi connectivity index (χ4n) is 3.44. The molecule has 1 fully saturated rings. The summed E-state index contributed by atoms with van der Waals surface area (Å²) in [6.07, 6.45) is 3.68. The first-order valence-electron chi connectivity index (χ1n) is 13.7. The largest absolute Gasteiger partial charge is 0.473 e. The van der Waals surface area contributed by atoms with Gasteiger partial charge in [-0.1, -0.05) is 75.2 Å². The van der Waals surface area contributed by atoms with E-state index in [1.807, 2.05) is 69.5 Å². The molecule has 0 spiro atoms. The molecule has 8 nitrogen and oxygen atoms in total. The van der Waals surface area contributed by atoms with Crippen molar-refractivity contribution in [3.63, 3.8) is 0 Å². The summed E-state index contributed by atoms with van der Waals surface area (Å²) in [4.78, 5) is 21.3. The molecule has 0 aliphatic heterocycles. The van der Waals surface area contributed by atoms with Gasteiger partial charge in [-0.25, -0.2) is 23.1 Å². The Morgan fingerprint density at radius 3 is 1.83 bits per heavy atom. The second-order valence-electron chi connectivity index (χ2n) is 10.4. The van der Waals surface area contributed by atoms with Crippen molar-refractivity contribution >= 4 is 49.7 Å². The van der Waals surface area contributed by atoms with Gasteiger partial charge in [0.15, 0.2) is 0 Å². The summed E-state index contributed by atoms with van der Waals surface area (Å²) in [5.74, 6) is 0.585. The zero-order chi connectivity index (χ0) is 30.0. The molecule has 0 bridgehead atoms. The minimum Gasteiger partial charge on any atom is -0.473 e. The van der Waals surface area contributed by atoms with Crippen LogP contribution in [0.3, 0.4) is 0 Å². The molecule has 3 heterocycles. The average molecular weight is 698 g/mol. The Labute approximate surface area is 288 Å². The topological polar surface area (TPSA) is 107 Å². The van der Waals surface area contributed by atoms with Gasteiger partial charge in [-0.05, 0) is 82.0 Å². The summed E-state index contributed by atoms with van der Waals surface area (Å²) in [6.45, 7) is 11.3. The fourth-order valence-corrected chi connectivity index (χ4v) is 6.40. The lowest BCUT2D eigenvalue weighted by Crippen LogP contribution is -2.29. The van der Waals surface area contributed by atoms with Crippen LogP contribution in [0.2, 0.25) is 0 Å². The number of fused-ring (bicyclic) bond motifs is 1. The number of rotatable bonds is 8. The van der Waals surface area contributed by atoms with E-state index in [-0.39, 0.29) is 67.3 Å². The molecule has 0 amide bonds. The second kappa shape index (κ2) is 22.6. The molecule has 0 unspecified atom stereocenters. The Bertz CT molecular complexity index is 1470. The predicted molar refractivity (Wildman–Crippen MR) is 201 cm³/mol. The van der Waals surface area contributed by atoms with Crippen molar-refractivity contribution in [2.24, 2.45) is 5.92 Å². The maximum Gasteiger partial charge on any atom is 0.308 e. The molecule has 1 aliphatic rings. The number of para-hydroxylation sites is 2. The number of nitrogens with one attached hydrogen (secondary N) is 1. The number of aromatic nitrogens is 2. The third-order valence-corrected chi connectivity index (χ3v) is 9.53. The molecule has 0 atom stereocenters. The Morgan fingerprint density at radius 2 is 1.39 bits per heavy atom. The van der Waals surface area contributed by atoms with Crippen LogP contribution < -0.4 is 9.46 Å². The van der Waals surface area contributed by atoms with Crippen molar-refractivity contribution in [3.05, 3.63) is 59.3 Å².